The van der Waals surface area contributed by atoms with Gasteiger partial charge in [-0.1, -0.05) is 0 Å². The van der Waals surface area contributed by atoms with Crippen LogP contribution in [-0.4, -0.2) is 4.98 Å². The minimum Gasteiger partial charge on any atom is -0.442 e. The molecule has 66 valence electrons. The summed E-state index contributed by atoms with van der Waals surface area (Å²) in [6.45, 7) is 0. The lowest BCUT2D eigenvalue weighted by atomic mass is 10.2. The van der Waals surface area contributed by atoms with Gasteiger partial charge in [-0.05, 0) is 40.2 Å². The van der Waals surface area contributed by atoms with E-state index in [1.807, 2.05) is 0 Å². The van der Waals surface area contributed by atoms with Crippen molar-refractivity contribution in [3.8, 4) is 11.3 Å². The molecule has 0 amide bonds. The minimum absolute atomic E-state index is 0.264. The van der Waals surface area contributed by atoms with Crippen molar-refractivity contribution in [3.05, 3.63) is 41.1 Å². The highest BCUT2D eigenvalue weighted by Crippen LogP contribution is 2.26. The molecule has 2 aromatic rings. The van der Waals surface area contributed by atoms with Gasteiger partial charge in [-0.25, -0.2) is 9.37 Å². The van der Waals surface area contributed by atoms with Gasteiger partial charge in [-0.2, -0.15) is 0 Å². The molecule has 0 aliphatic carbocycles. The van der Waals surface area contributed by atoms with Crippen LogP contribution in [0.3, 0.4) is 0 Å². The Morgan fingerprint density at radius 3 is 2.46 bits per heavy atom. The minimum atomic E-state index is -0.264. The third-order valence-corrected chi connectivity index (χ3v) is 2.20. The van der Waals surface area contributed by atoms with E-state index in [1.54, 1.807) is 12.1 Å². The lowest BCUT2D eigenvalue weighted by Crippen LogP contribution is -1.76. The van der Waals surface area contributed by atoms with Crippen molar-refractivity contribution in [2.24, 2.45) is 0 Å². The molecule has 13 heavy (non-hydrogen) atoms. The van der Waals surface area contributed by atoms with Gasteiger partial charge in [-0.15, -0.1) is 0 Å². The Labute approximate surface area is 82.5 Å². The number of hydrogen-bond donors (Lipinski definition) is 0. The molecule has 0 aliphatic rings. The molecule has 0 N–H and O–H groups in total. The van der Waals surface area contributed by atoms with Gasteiger partial charge < -0.3 is 4.42 Å². The number of oxazole rings is 1. The standard InChI is InChI=1S/C9H5BrFNO/c10-9-8(13-5-12-9)6-1-3-7(11)4-2-6/h1-5H. The molecule has 1 aromatic carbocycles. The number of rotatable bonds is 1. The van der Waals surface area contributed by atoms with Crippen LogP contribution in [0.15, 0.2) is 39.7 Å². The maximum absolute atomic E-state index is 12.6. The Kier molecular flexibility index (Phi) is 2.14. The lowest BCUT2D eigenvalue weighted by molar-refractivity contribution is 0.571. The monoisotopic (exact) mass is 241 g/mol. The molecule has 0 unspecified atom stereocenters. The van der Waals surface area contributed by atoms with E-state index in [0.29, 0.717) is 10.4 Å². The van der Waals surface area contributed by atoms with Crippen LogP contribution >= 0.6 is 15.9 Å². The van der Waals surface area contributed by atoms with Crippen molar-refractivity contribution in [1.29, 1.82) is 0 Å². The van der Waals surface area contributed by atoms with Gasteiger partial charge in [0.25, 0.3) is 0 Å². The number of aromatic nitrogens is 1. The molecule has 0 atom stereocenters. The van der Waals surface area contributed by atoms with Crippen molar-refractivity contribution in [2.75, 3.05) is 0 Å². The molecule has 0 radical (unpaired) electrons. The van der Waals surface area contributed by atoms with Gasteiger partial charge in [-0.3, -0.25) is 0 Å². The van der Waals surface area contributed by atoms with E-state index < -0.39 is 0 Å². The first kappa shape index (κ1) is 8.44. The van der Waals surface area contributed by atoms with Gasteiger partial charge in [0.1, 0.15) is 5.82 Å². The molecular weight excluding hydrogens is 237 g/mol. The average molecular weight is 242 g/mol. The molecule has 1 aromatic heterocycles. The molecule has 0 fully saturated rings. The van der Waals surface area contributed by atoms with Crippen LogP contribution in [0.2, 0.25) is 0 Å². The summed E-state index contributed by atoms with van der Waals surface area (Å²) in [7, 11) is 0. The third-order valence-electron chi connectivity index (χ3n) is 1.63. The SMILES string of the molecule is Fc1ccc(-c2ocnc2Br)cc1. The molecule has 2 nitrogen and oxygen atoms in total. The van der Waals surface area contributed by atoms with Crippen molar-refractivity contribution in [2.45, 2.75) is 0 Å². The first-order valence-corrected chi connectivity index (χ1v) is 4.41. The maximum atomic E-state index is 12.6. The molecule has 0 spiro atoms. The number of nitrogens with zero attached hydrogens (tertiary/aromatic N) is 1. The smallest absolute Gasteiger partial charge is 0.182 e. The number of halogens is 2. The predicted octanol–water partition coefficient (Wildman–Crippen LogP) is 3.24. The van der Waals surface area contributed by atoms with E-state index in [4.69, 9.17) is 4.42 Å². The summed E-state index contributed by atoms with van der Waals surface area (Å²) in [5.41, 5.74) is 0.797. The van der Waals surface area contributed by atoms with Crippen LogP contribution < -0.4 is 0 Å². The Morgan fingerprint density at radius 2 is 1.92 bits per heavy atom. The molecule has 0 saturated carbocycles. The van der Waals surface area contributed by atoms with E-state index in [9.17, 15) is 4.39 Å². The Bertz CT molecular complexity index is 410. The van der Waals surface area contributed by atoms with Crippen LogP contribution in [0.4, 0.5) is 4.39 Å². The van der Waals surface area contributed by atoms with Gasteiger partial charge in [0, 0.05) is 5.56 Å². The highest BCUT2D eigenvalue weighted by Gasteiger charge is 2.07. The highest BCUT2D eigenvalue weighted by atomic mass is 79.9. The zero-order valence-corrected chi connectivity index (χ0v) is 8.08. The van der Waals surface area contributed by atoms with Crippen molar-refractivity contribution >= 4 is 15.9 Å². The van der Waals surface area contributed by atoms with Crippen molar-refractivity contribution < 1.29 is 8.81 Å². The molecule has 1 heterocycles. The fourth-order valence-electron chi connectivity index (χ4n) is 1.02. The van der Waals surface area contributed by atoms with Gasteiger partial charge in [0.05, 0.1) is 0 Å². The summed E-state index contributed by atoms with van der Waals surface area (Å²) in [6, 6.07) is 6.04. The first-order chi connectivity index (χ1) is 6.27. The molecule has 0 saturated heterocycles. The Balaban J connectivity index is 2.47. The maximum Gasteiger partial charge on any atom is 0.182 e. The largest absolute Gasteiger partial charge is 0.442 e. The van der Waals surface area contributed by atoms with Crippen LogP contribution in [0.1, 0.15) is 0 Å². The van der Waals surface area contributed by atoms with E-state index >= 15 is 0 Å². The second-order valence-electron chi connectivity index (χ2n) is 2.48. The normalized spacial score (nSPS) is 10.3. The summed E-state index contributed by atoms with van der Waals surface area (Å²) < 4.78 is 18.3. The van der Waals surface area contributed by atoms with Gasteiger partial charge in [0.15, 0.2) is 16.8 Å². The highest BCUT2D eigenvalue weighted by molar-refractivity contribution is 9.10. The second-order valence-corrected chi connectivity index (χ2v) is 3.23. The zero-order valence-electron chi connectivity index (χ0n) is 6.50. The molecule has 0 bridgehead atoms. The van der Waals surface area contributed by atoms with E-state index in [2.05, 4.69) is 20.9 Å². The summed E-state index contributed by atoms with van der Waals surface area (Å²) in [6.07, 6.45) is 1.34. The summed E-state index contributed by atoms with van der Waals surface area (Å²) in [5.74, 6) is 0.347. The van der Waals surface area contributed by atoms with E-state index in [1.165, 1.54) is 18.5 Å². The first-order valence-electron chi connectivity index (χ1n) is 3.62. The quantitative estimate of drug-likeness (QED) is 0.767. The van der Waals surface area contributed by atoms with Gasteiger partial charge in [0.2, 0.25) is 0 Å². The van der Waals surface area contributed by atoms with Gasteiger partial charge >= 0.3 is 0 Å². The summed E-state index contributed by atoms with van der Waals surface area (Å²) in [4.78, 5) is 3.87. The Morgan fingerprint density at radius 1 is 1.23 bits per heavy atom. The predicted molar refractivity (Wildman–Crippen MR) is 49.6 cm³/mol. The van der Waals surface area contributed by atoms with Crippen LogP contribution in [0.25, 0.3) is 11.3 Å². The van der Waals surface area contributed by atoms with Crippen molar-refractivity contribution in [3.63, 3.8) is 0 Å². The average Bonchev–Trinajstić information content (AvgIpc) is 2.53. The van der Waals surface area contributed by atoms with Crippen LogP contribution in [-0.2, 0) is 0 Å². The topological polar surface area (TPSA) is 26.0 Å². The number of benzene rings is 1. The Hall–Kier alpha value is -1.16. The molecule has 2 rings (SSSR count). The molecule has 0 aliphatic heterocycles. The fraction of sp³-hybridized carbons (Fsp3) is 0. The fourth-order valence-corrected chi connectivity index (χ4v) is 1.43. The van der Waals surface area contributed by atoms with Crippen molar-refractivity contribution in [1.82, 2.24) is 4.98 Å². The van der Waals surface area contributed by atoms with E-state index in [0.717, 1.165) is 5.56 Å². The molecular formula is C9H5BrFNO. The van der Waals surface area contributed by atoms with E-state index in [-0.39, 0.29) is 5.82 Å². The summed E-state index contributed by atoms with van der Waals surface area (Å²) >= 11 is 3.22. The lowest BCUT2D eigenvalue weighted by Gasteiger charge is -1.95. The third kappa shape index (κ3) is 1.62. The second kappa shape index (κ2) is 3.30. The summed E-state index contributed by atoms with van der Waals surface area (Å²) in [5, 5.41) is 0. The van der Waals surface area contributed by atoms with Crippen LogP contribution in [0.5, 0.6) is 0 Å². The number of hydrogen-bond acceptors (Lipinski definition) is 2. The molecule has 4 heteroatoms. The van der Waals surface area contributed by atoms with Crippen LogP contribution in [0, 0.1) is 5.82 Å². The zero-order chi connectivity index (χ0) is 9.26.